The van der Waals surface area contributed by atoms with Gasteiger partial charge >= 0.3 is 57.6 Å². The van der Waals surface area contributed by atoms with Gasteiger partial charge in [0.05, 0.1) is 17.8 Å². The molecular weight excluding hydrogens is 712 g/mol. The minimum Gasteiger partial charge on any atom is -0.570 e. The Hall–Kier alpha value is -2.72. The van der Waals surface area contributed by atoms with Crippen molar-refractivity contribution in [3.8, 4) is 11.1 Å². The zero-order valence-electron chi connectivity index (χ0n) is 29.9. The van der Waals surface area contributed by atoms with Gasteiger partial charge in [-0.3, -0.25) is 9.00 Å². The maximum Gasteiger partial charge on any atom is 1.00 e. The van der Waals surface area contributed by atoms with Gasteiger partial charge in [-0.15, -0.1) is 0 Å². The summed E-state index contributed by atoms with van der Waals surface area (Å²) in [5.41, 5.74) is 0.810. The average molecular weight is 755 g/mol. The van der Waals surface area contributed by atoms with Crippen LogP contribution in [0.5, 0.6) is 0 Å². The van der Waals surface area contributed by atoms with Gasteiger partial charge in [-0.1, -0.05) is 76.2 Å². The number of nitrogens with one attached hydrogen (secondary N) is 1. The number of hydrogen-bond acceptors (Lipinski definition) is 5. The molecule has 4 rings (SSSR count). The molecule has 1 unspecified atom stereocenters. The van der Waals surface area contributed by atoms with Crippen molar-refractivity contribution in [2.75, 3.05) is 13.7 Å². The van der Waals surface area contributed by atoms with E-state index in [4.69, 9.17) is 4.74 Å². The van der Waals surface area contributed by atoms with E-state index in [1.165, 1.54) is 36.8 Å². The van der Waals surface area contributed by atoms with Crippen molar-refractivity contribution in [3.63, 3.8) is 0 Å². The van der Waals surface area contributed by atoms with E-state index in [1.807, 2.05) is 13.8 Å². The summed E-state index contributed by atoms with van der Waals surface area (Å²) in [6.45, 7) is 8.63. The van der Waals surface area contributed by atoms with Crippen LogP contribution in [0.2, 0.25) is 0 Å². The summed E-state index contributed by atoms with van der Waals surface area (Å²) in [4.78, 5) is 29.1. The first-order valence-electron chi connectivity index (χ1n) is 16.3. The minimum absolute atomic E-state index is 0. The topological polar surface area (TPSA) is 104 Å². The van der Waals surface area contributed by atoms with Crippen molar-refractivity contribution in [2.24, 2.45) is 5.92 Å². The number of hydrogen-bond donors (Lipinski definition) is 1. The Morgan fingerprint density at radius 3 is 2.33 bits per heavy atom. The number of rotatable bonds is 15. The maximum absolute atomic E-state index is 15.6. The fraction of sp³-hybridized carbons (Fsp3) is 0.378. The number of methoxy groups -OCH3 is 1. The summed E-state index contributed by atoms with van der Waals surface area (Å²) in [7, 11) is -0.220. The molecule has 270 valence electrons. The van der Waals surface area contributed by atoms with Crippen LogP contribution >= 0.6 is 0 Å². The number of ether oxygens (including phenoxy) is 1. The molecule has 3 aromatic carbocycles. The van der Waals surface area contributed by atoms with Crippen LogP contribution in [0.4, 0.5) is 17.6 Å². The molecule has 51 heavy (non-hydrogen) atoms. The average Bonchev–Trinajstić information content (AvgIpc) is 3.44. The van der Waals surface area contributed by atoms with Crippen molar-refractivity contribution in [3.05, 3.63) is 111 Å². The van der Waals surface area contributed by atoms with Gasteiger partial charge in [0.15, 0.2) is 0 Å². The van der Waals surface area contributed by atoms with Crippen molar-refractivity contribution < 1.29 is 87.5 Å². The van der Waals surface area contributed by atoms with Crippen LogP contribution in [0.15, 0.2) is 71.6 Å². The van der Waals surface area contributed by atoms with Crippen LogP contribution in [0.3, 0.4) is 0 Å². The molecule has 8 nitrogen and oxygen atoms in total. The first-order valence-corrected chi connectivity index (χ1v) is 17.4. The number of imidazole rings is 1. The van der Waals surface area contributed by atoms with Crippen LogP contribution in [-0.4, -0.2) is 39.8 Å². The van der Waals surface area contributed by atoms with Gasteiger partial charge in [-0.2, -0.15) is 13.2 Å². The van der Waals surface area contributed by atoms with E-state index in [0.29, 0.717) is 41.9 Å². The summed E-state index contributed by atoms with van der Waals surface area (Å²) >= 11 is 0. The molecule has 0 aliphatic rings. The number of nitrogens with zero attached hydrogens (tertiary/aromatic N) is 3. The largest absolute Gasteiger partial charge is 1.00 e. The number of carbonyl (C=O) groups is 2. The normalized spacial score (nSPS) is 11.6. The Kier molecular flexibility index (Phi) is 18.9. The summed E-state index contributed by atoms with van der Waals surface area (Å²) in [5, 5.41) is 2.60. The molecule has 0 bridgehead atoms. The summed E-state index contributed by atoms with van der Waals surface area (Å²) in [6.07, 6.45) is -1.63. The molecule has 2 amide bonds. The summed E-state index contributed by atoms with van der Waals surface area (Å²) < 4.78 is 78.3. The number of amides is 2. The third-order valence-corrected chi connectivity index (χ3v) is 8.72. The van der Waals surface area contributed by atoms with Crippen LogP contribution < -0.4 is 56.7 Å². The fourth-order valence-corrected chi connectivity index (χ4v) is 5.93. The fourth-order valence-electron chi connectivity index (χ4n) is 5.17. The van der Waals surface area contributed by atoms with E-state index in [-0.39, 0.29) is 92.6 Å². The van der Waals surface area contributed by atoms with E-state index < -0.39 is 34.4 Å². The molecule has 14 heteroatoms. The molecule has 0 spiro atoms. The quantitative estimate of drug-likeness (QED) is 0.0991. The third kappa shape index (κ3) is 12.7. The third-order valence-electron chi connectivity index (χ3n) is 7.71. The molecule has 0 aliphatic heterocycles. The summed E-state index contributed by atoms with van der Waals surface area (Å²) in [6, 6.07) is 16.0. The van der Waals surface area contributed by atoms with Crippen LogP contribution in [0, 0.1) is 11.7 Å². The molecule has 0 saturated heterocycles. The number of carbonyl (C=O) groups excluding carboxylic acids is 2. The standard InChI is InChI=1S/C31H30F4N4O3S.C6H14O.K/c1-3-9-28-38-26(4-2)29(30(41)36-17-21-10-5-7-12-24(21)31(33,34)35)39(28)18-22-15-14-20(16-25(22)32)23-11-6-8-13-27(23)43(42)37-19-40;1-6(2)4-5-7-3;/h5-8,10-16,19H,3-4,9,17-18H2,1-2H3,(H2,36,37,40,41);6H,4-5H2,1-3H3;/q;;+1/p-1. The Morgan fingerprint density at radius 1 is 1.06 bits per heavy atom. The van der Waals surface area contributed by atoms with Crippen LogP contribution in [0.1, 0.15) is 79.2 Å². The van der Waals surface area contributed by atoms with Gasteiger partial charge < -0.3 is 24.1 Å². The predicted molar refractivity (Wildman–Crippen MR) is 186 cm³/mol. The van der Waals surface area contributed by atoms with Gasteiger partial charge in [0.25, 0.3) is 5.91 Å². The molecule has 0 saturated carbocycles. The minimum atomic E-state index is -4.57. The van der Waals surface area contributed by atoms with E-state index in [0.717, 1.165) is 18.6 Å². The van der Waals surface area contributed by atoms with Crippen molar-refractivity contribution in [1.29, 1.82) is 0 Å². The SMILES string of the molecule is CCCc1nc(CC)c(C(=O)NCc2ccccc2C(F)(F)F)n1Cc1ccc(-c2ccccc2S(=O)[N-]C=O)cc1F.COCCC(C)C.[K+]. The van der Waals surface area contributed by atoms with Crippen molar-refractivity contribution >= 4 is 23.3 Å². The number of aryl methyl sites for hydroxylation is 2. The van der Waals surface area contributed by atoms with Crippen LogP contribution in [0.25, 0.3) is 15.8 Å². The molecule has 1 heterocycles. The molecule has 0 fully saturated rings. The maximum atomic E-state index is 15.6. The number of alkyl halides is 3. The van der Waals surface area contributed by atoms with E-state index >= 15 is 4.39 Å². The Bertz CT molecular complexity index is 1760. The summed E-state index contributed by atoms with van der Waals surface area (Å²) in [5.74, 6) is 0.126. The first kappa shape index (κ1) is 44.4. The van der Waals surface area contributed by atoms with Crippen molar-refractivity contribution in [2.45, 2.75) is 77.5 Å². The number of benzene rings is 3. The zero-order chi connectivity index (χ0) is 36.8. The molecular formula is C37H43F4KN4O4S. The molecule has 1 atom stereocenters. The second-order valence-electron chi connectivity index (χ2n) is 11.8. The molecule has 1 N–H and O–H groups in total. The Balaban J connectivity index is 0.00000102. The van der Waals surface area contributed by atoms with E-state index in [9.17, 15) is 27.0 Å². The molecule has 0 aliphatic carbocycles. The van der Waals surface area contributed by atoms with E-state index in [1.54, 1.807) is 42.0 Å². The Labute approximate surface area is 342 Å². The molecule has 1 aromatic heterocycles. The van der Waals surface area contributed by atoms with Gasteiger partial charge in [-0.05, 0) is 71.1 Å². The van der Waals surface area contributed by atoms with Crippen LogP contribution in [-0.2, 0) is 52.6 Å². The first-order chi connectivity index (χ1) is 23.9. The van der Waals surface area contributed by atoms with Crippen molar-refractivity contribution in [1.82, 2.24) is 14.9 Å². The predicted octanol–water partition coefficient (Wildman–Crippen LogP) is 5.44. The smallest absolute Gasteiger partial charge is 0.570 e. The van der Waals surface area contributed by atoms with Gasteiger partial charge in [0, 0.05) is 43.6 Å². The second kappa shape index (κ2) is 21.7. The number of aromatic nitrogens is 2. The van der Waals surface area contributed by atoms with Gasteiger partial charge in [0.1, 0.15) is 17.3 Å². The van der Waals surface area contributed by atoms with Gasteiger partial charge in [0.2, 0.25) is 0 Å². The van der Waals surface area contributed by atoms with E-state index in [2.05, 4.69) is 28.9 Å². The zero-order valence-corrected chi connectivity index (χ0v) is 33.8. The molecule has 4 aromatic rings. The second-order valence-corrected chi connectivity index (χ2v) is 12.9. The monoisotopic (exact) mass is 754 g/mol. The van der Waals surface area contributed by atoms with Gasteiger partial charge in [-0.25, -0.2) is 9.37 Å². The number of halogens is 4. The Morgan fingerprint density at radius 2 is 1.75 bits per heavy atom. The molecule has 0 radical (unpaired) electrons.